The highest BCUT2D eigenvalue weighted by Gasteiger charge is 2.23. The van der Waals surface area contributed by atoms with E-state index in [2.05, 4.69) is 20.8 Å². The second kappa shape index (κ2) is 7.14. The molecule has 0 fully saturated rings. The smallest absolute Gasteiger partial charge is 0.325 e. The van der Waals surface area contributed by atoms with Crippen LogP contribution in [0.4, 0.5) is 5.69 Å². The van der Waals surface area contributed by atoms with Crippen molar-refractivity contribution in [2.45, 2.75) is 19.0 Å². The Morgan fingerprint density at radius 1 is 1.17 bits per heavy atom. The fraction of sp³-hybridized carbons (Fsp3) is 0.250. The van der Waals surface area contributed by atoms with Gasteiger partial charge in [0.1, 0.15) is 6.54 Å². The van der Waals surface area contributed by atoms with E-state index in [1.54, 1.807) is 18.3 Å². The fourth-order valence-electron chi connectivity index (χ4n) is 3.42. The highest BCUT2D eigenvalue weighted by molar-refractivity contribution is 5.91. The van der Waals surface area contributed by atoms with E-state index in [1.165, 1.54) is 29.6 Å². The summed E-state index contributed by atoms with van der Waals surface area (Å²) in [5, 5.41) is 6.89. The summed E-state index contributed by atoms with van der Waals surface area (Å²) >= 11 is 0. The van der Waals surface area contributed by atoms with Crippen LogP contribution in [0.3, 0.4) is 0 Å². The molecule has 1 unspecified atom stereocenters. The van der Waals surface area contributed by atoms with Crippen LogP contribution in [0.5, 0.6) is 0 Å². The minimum Gasteiger partial charge on any atom is -0.325 e. The summed E-state index contributed by atoms with van der Waals surface area (Å²) in [6, 6.07) is 7.43. The van der Waals surface area contributed by atoms with E-state index in [4.69, 9.17) is 0 Å². The molecular formula is C20H21N7O3. The van der Waals surface area contributed by atoms with Gasteiger partial charge in [-0.2, -0.15) is 5.10 Å². The maximum atomic E-state index is 12.5. The van der Waals surface area contributed by atoms with Gasteiger partial charge in [0.25, 0.3) is 5.56 Å². The molecule has 10 nitrogen and oxygen atoms in total. The van der Waals surface area contributed by atoms with E-state index in [-0.39, 0.29) is 23.6 Å². The minimum absolute atomic E-state index is 0.109. The summed E-state index contributed by atoms with van der Waals surface area (Å²) in [6.45, 7) is 1.90. The summed E-state index contributed by atoms with van der Waals surface area (Å²) in [5.74, 6) is -0.315. The third-order valence-corrected chi connectivity index (χ3v) is 5.19. The molecule has 1 aliphatic heterocycles. The number of carbonyl (C=O) groups is 1. The zero-order valence-electron chi connectivity index (χ0n) is 16.8. The second-order valence-electron chi connectivity index (χ2n) is 7.33. The van der Waals surface area contributed by atoms with Crippen molar-refractivity contribution in [3.05, 3.63) is 69.1 Å². The van der Waals surface area contributed by atoms with Crippen molar-refractivity contribution in [3.8, 4) is 0 Å². The number of allylic oxidation sites excluding steroid dienone is 1. The monoisotopic (exact) mass is 407 g/mol. The zero-order valence-corrected chi connectivity index (χ0v) is 16.8. The maximum Gasteiger partial charge on any atom is 0.332 e. The van der Waals surface area contributed by atoms with Gasteiger partial charge in [0.2, 0.25) is 5.91 Å². The Kier molecular flexibility index (Phi) is 4.61. The highest BCUT2D eigenvalue weighted by atomic mass is 16.2. The Labute approximate surface area is 171 Å². The first-order valence-corrected chi connectivity index (χ1v) is 9.29. The van der Waals surface area contributed by atoms with Gasteiger partial charge in [-0.1, -0.05) is 18.2 Å². The number of imidazole rings is 1. The van der Waals surface area contributed by atoms with Crippen LogP contribution < -0.4 is 22.0 Å². The molecule has 1 atom stereocenters. The number of aryl methyl sites for hydroxylation is 1. The summed E-state index contributed by atoms with van der Waals surface area (Å²) in [5.41, 5.74) is 3.76. The molecule has 0 aliphatic carbocycles. The molecule has 0 saturated heterocycles. The summed E-state index contributed by atoms with van der Waals surface area (Å²) in [6.07, 6.45) is 6.95. The molecule has 0 saturated carbocycles. The van der Waals surface area contributed by atoms with Crippen molar-refractivity contribution >= 4 is 29.0 Å². The van der Waals surface area contributed by atoms with Crippen LogP contribution in [0.1, 0.15) is 12.5 Å². The summed E-state index contributed by atoms with van der Waals surface area (Å²) in [7, 11) is 2.93. The fourth-order valence-corrected chi connectivity index (χ4v) is 3.42. The van der Waals surface area contributed by atoms with Crippen molar-refractivity contribution in [1.82, 2.24) is 24.1 Å². The van der Waals surface area contributed by atoms with Gasteiger partial charge in [-0.25, -0.2) is 9.78 Å². The molecule has 0 spiro atoms. The van der Waals surface area contributed by atoms with Gasteiger partial charge in [0.05, 0.1) is 11.9 Å². The lowest BCUT2D eigenvalue weighted by Gasteiger charge is -2.28. The number of rotatable bonds is 4. The molecule has 3 aromatic rings. The Morgan fingerprint density at radius 3 is 2.57 bits per heavy atom. The lowest BCUT2D eigenvalue weighted by atomic mass is 9.91. The third-order valence-electron chi connectivity index (χ3n) is 5.19. The summed E-state index contributed by atoms with van der Waals surface area (Å²) < 4.78 is 3.72. The zero-order chi connectivity index (χ0) is 21.5. The van der Waals surface area contributed by atoms with Crippen molar-refractivity contribution in [2.24, 2.45) is 19.2 Å². The molecule has 154 valence electrons. The lowest BCUT2D eigenvalue weighted by Crippen LogP contribution is -2.37. The molecule has 4 rings (SSSR count). The van der Waals surface area contributed by atoms with Crippen molar-refractivity contribution in [3.63, 3.8) is 0 Å². The normalized spacial score (nSPS) is 17.8. The number of hydrogen-bond acceptors (Lipinski definition) is 6. The number of amides is 1. The molecule has 2 N–H and O–H groups in total. The highest BCUT2D eigenvalue weighted by Crippen LogP contribution is 2.25. The number of aromatic nitrogens is 4. The quantitative estimate of drug-likeness (QED) is 0.651. The molecule has 0 bridgehead atoms. The van der Waals surface area contributed by atoms with Gasteiger partial charge in [0, 0.05) is 26.0 Å². The Hall–Kier alpha value is -3.95. The molecular weight excluding hydrogens is 386 g/mol. The first-order chi connectivity index (χ1) is 14.3. The van der Waals surface area contributed by atoms with Gasteiger partial charge in [-0.15, -0.1) is 0 Å². The Bertz CT molecular complexity index is 1310. The topological polar surface area (TPSA) is 115 Å². The van der Waals surface area contributed by atoms with Gasteiger partial charge < -0.3 is 9.88 Å². The molecule has 3 heterocycles. The van der Waals surface area contributed by atoms with E-state index in [1.807, 2.05) is 31.2 Å². The predicted molar refractivity (Wildman–Crippen MR) is 113 cm³/mol. The molecule has 1 aromatic carbocycles. The minimum atomic E-state index is -0.494. The number of carbonyl (C=O) groups excluding carboxylic acids is 1. The molecule has 30 heavy (non-hydrogen) atoms. The van der Waals surface area contributed by atoms with Gasteiger partial charge >= 0.3 is 5.69 Å². The predicted octanol–water partition coefficient (Wildman–Crippen LogP) is 0.433. The van der Waals surface area contributed by atoms with Gasteiger partial charge in [-0.05, 0) is 30.7 Å². The van der Waals surface area contributed by atoms with E-state index < -0.39 is 16.8 Å². The first kappa shape index (κ1) is 19.4. The molecule has 0 radical (unpaired) electrons. The van der Waals surface area contributed by atoms with Crippen LogP contribution >= 0.6 is 0 Å². The standard InChI is InChI=1S/C20H21N7O3/c1-20(9-4-10-22-24-20)13-5-7-14(8-6-13)23-15(28)11-27-12-21-17-16(27)18(29)26(3)19(30)25(17)2/h4-10,12,24H,11H2,1-3H3,(H,23,28). The number of benzene rings is 1. The largest absolute Gasteiger partial charge is 0.332 e. The van der Waals surface area contributed by atoms with Gasteiger partial charge in [-0.3, -0.25) is 24.1 Å². The van der Waals surface area contributed by atoms with Crippen molar-refractivity contribution in [2.75, 3.05) is 5.32 Å². The first-order valence-electron chi connectivity index (χ1n) is 9.29. The van der Waals surface area contributed by atoms with Crippen LogP contribution in [0, 0.1) is 0 Å². The maximum absolute atomic E-state index is 12.5. The lowest BCUT2D eigenvalue weighted by molar-refractivity contribution is -0.116. The van der Waals surface area contributed by atoms with E-state index in [0.29, 0.717) is 5.69 Å². The van der Waals surface area contributed by atoms with E-state index >= 15 is 0 Å². The number of nitrogens with one attached hydrogen (secondary N) is 2. The SMILES string of the molecule is Cn1c(=O)c2c(ncn2CC(=O)Nc2ccc(C3(C)C=CC=NN3)cc2)n(C)c1=O. The molecule has 1 aliphatic rings. The number of hydrogen-bond donors (Lipinski definition) is 2. The van der Waals surface area contributed by atoms with Crippen molar-refractivity contribution in [1.29, 1.82) is 0 Å². The van der Waals surface area contributed by atoms with Gasteiger partial charge in [0.15, 0.2) is 11.2 Å². The van der Waals surface area contributed by atoms with Crippen LogP contribution in [0.15, 0.2) is 57.4 Å². The van der Waals surface area contributed by atoms with Crippen LogP contribution in [0.25, 0.3) is 11.2 Å². The average molecular weight is 407 g/mol. The molecule has 2 aromatic heterocycles. The number of anilines is 1. The van der Waals surface area contributed by atoms with Crippen LogP contribution in [-0.4, -0.2) is 30.8 Å². The van der Waals surface area contributed by atoms with E-state index in [9.17, 15) is 14.4 Å². The summed E-state index contributed by atoms with van der Waals surface area (Å²) in [4.78, 5) is 41.2. The number of hydrazone groups is 1. The number of nitrogens with zero attached hydrogens (tertiary/aromatic N) is 5. The van der Waals surface area contributed by atoms with Crippen LogP contribution in [-0.2, 0) is 31.0 Å². The van der Waals surface area contributed by atoms with Crippen LogP contribution in [0.2, 0.25) is 0 Å². The molecule has 10 heteroatoms. The van der Waals surface area contributed by atoms with Crippen molar-refractivity contribution < 1.29 is 4.79 Å². The Balaban J connectivity index is 1.53. The van der Waals surface area contributed by atoms with E-state index in [0.717, 1.165) is 10.1 Å². The second-order valence-corrected chi connectivity index (χ2v) is 7.33. The number of fused-ring (bicyclic) bond motifs is 1. The third kappa shape index (κ3) is 3.21. The average Bonchev–Trinajstić information content (AvgIpc) is 3.15. The molecule has 1 amide bonds. The Morgan fingerprint density at radius 2 is 1.90 bits per heavy atom.